The molecule has 0 amide bonds. The van der Waals surface area contributed by atoms with Crippen LogP contribution in [0.1, 0.15) is 85.0 Å². The number of carbonyl (C=O) groups excluding carboxylic acids is 1. The Hall–Kier alpha value is -0.610. The van der Waals surface area contributed by atoms with Gasteiger partial charge in [0.05, 0.1) is 25.7 Å². The molecule has 0 spiro atoms. The lowest BCUT2D eigenvalue weighted by atomic mass is 10.00. The van der Waals surface area contributed by atoms with Crippen molar-refractivity contribution >= 4 is 5.97 Å². The van der Waals surface area contributed by atoms with Gasteiger partial charge in [-0.3, -0.25) is 4.79 Å². The van der Waals surface area contributed by atoms with E-state index in [1.54, 1.807) is 0 Å². The first-order valence-electron chi connectivity index (χ1n) is 10.1. The molecule has 0 saturated carbocycles. The van der Waals surface area contributed by atoms with Crippen LogP contribution in [-0.2, 0) is 19.0 Å². The molecule has 144 valence electrons. The van der Waals surface area contributed by atoms with Crippen LogP contribution in [0, 0.1) is 5.92 Å². The topological polar surface area (TPSA) is 44.8 Å². The quantitative estimate of drug-likeness (QED) is 0.255. The summed E-state index contributed by atoms with van der Waals surface area (Å²) in [5.74, 6) is -0.0283. The molecule has 0 fully saturated rings. The minimum absolute atomic E-state index is 0.0469. The lowest BCUT2D eigenvalue weighted by Crippen LogP contribution is -2.20. The highest BCUT2D eigenvalue weighted by molar-refractivity contribution is 5.72. The molecule has 0 heterocycles. The Bertz CT molecular complexity index is 268. The molecular weight excluding hydrogens is 304 g/mol. The van der Waals surface area contributed by atoms with Crippen molar-refractivity contribution in [3.63, 3.8) is 0 Å². The van der Waals surface area contributed by atoms with E-state index in [0.29, 0.717) is 26.4 Å². The highest BCUT2D eigenvalue weighted by atomic mass is 16.6. The molecule has 0 aliphatic rings. The minimum atomic E-state index is -0.0751. The van der Waals surface area contributed by atoms with E-state index >= 15 is 0 Å². The summed E-state index contributed by atoms with van der Waals surface area (Å²) in [5, 5.41) is 0. The molecule has 4 nitrogen and oxygen atoms in total. The molecule has 0 rings (SSSR count). The van der Waals surface area contributed by atoms with Crippen molar-refractivity contribution in [3.8, 4) is 0 Å². The summed E-state index contributed by atoms with van der Waals surface area (Å²) in [4.78, 5) is 11.9. The van der Waals surface area contributed by atoms with Crippen LogP contribution in [0.5, 0.6) is 0 Å². The van der Waals surface area contributed by atoms with E-state index in [1.807, 2.05) is 6.92 Å². The molecule has 0 aromatic rings. The van der Waals surface area contributed by atoms with Gasteiger partial charge < -0.3 is 14.2 Å². The molecule has 0 N–H and O–H groups in total. The predicted octanol–water partition coefficient (Wildman–Crippen LogP) is 5.14. The van der Waals surface area contributed by atoms with E-state index < -0.39 is 0 Å². The molecule has 0 saturated heterocycles. The fourth-order valence-electron chi connectivity index (χ4n) is 2.56. The van der Waals surface area contributed by atoms with Gasteiger partial charge >= 0.3 is 5.97 Å². The van der Waals surface area contributed by atoms with Crippen LogP contribution in [0.3, 0.4) is 0 Å². The van der Waals surface area contributed by atoms with Crippen molar-refractivity contribution < 1.29 is 19.0 Å². The standard InChI is InChI=1S/C20H40O4/c1-4-7-9-10-11-12-14-22-15-16-23-17-18-24-20(21)19(6-3)13-8-5-2/h19H,4-18H2,1-3H3. The predicted molar refractivity (Wildman–Crippen MR) is 99.3 cm³/mol. The van der Waals surface area contributed by atoms with E-state index in [-0.39, 0.29) is 11.9 Å². The fourth-order valence-corrected chi connectivity index (χ4v) is 2.56. The van der Waals surface area contributed by atoms with E-state index in [9.17, 15) is 4.79 Å². The molecule has 4 heteroatoms. The highest BCUT2D eigenvalue weighted by Gasteiger charge is 2.16. The largest absolute Gasteiger partial charge is 0.463 e. The second-order valence-corrected chi connectivity index (χ2v) is 6.41. The Morgan fingerprint density at radius 2 is 1.29 bits per heavy atom. The van der Waals surface area contributed by atoms with Crippen molar-refractivity contribution in [3.05, 3.63) is 0 Å². The Morgan fingerprint density at radius 1 is 0.708 bits per heavy atom. The maximum absolute atomic E-state index is 11.9. The molecule has 0 radical (unpaired) electrons. The monoisotopic (exact) mass is 344 g/mol. The van der Waals surface area contributed by atoms with Crippen LogP contribution in [0.4, 0.5) is 0 Å². The lowest BCUT2D eigenvalue weighted by molar-refractivity contribution is -0.150. The van der Waals surface area contributed by atoms with Crippen LogP contribution in [0.2, 0.25) is 0 Å². The maximum atomic E-state index is 11.9. The van der Waals surface area contributed by atoms with Gasteiger partial charge in [0.15, 0.2) is 0 Å². The van der Waals surface area contributed by atoms with Crippen molar-refractivity contribution in [1.29, 1.82) is 0 Å². The molecular formula is C20H40O4. The molecule has 0 bridgehead atoms. The van der Waals surface area contributed by atoms with Gasteiger partial charge in [-0.15, -0.1) is 0 Å². The Kier molecular flexibility index (Phi) is 18.2. The summed E-state index contributed by atoms with van der Waals surface area (Å²) in [7, 11) is 0. The van der Waals surface area contributed by atoms with E-state index in [4.69, 9.17) is 14.2 Å². The van der Waals surface area contributed by atoms with Gasteiger partial charge in [0.25, 0.3) is 0 Å². The summed E-state index contributed by atoms with van der Waals surface area (Å²) in [5.41, 5.74) is 0. The van der Waals surface area contributed by atoms with Crippen LogP contribution >= 0.6 is 0 Å². The second kappa shape index (κ2) is 18.7. The van der Waals surface area contributed by atoms with Crippen molar-refractivity contribution in [2.75, 3.05) is 33.0 Å². The van der Waals surface area contributed by atoms with Gasteiger partial charge in [0.2, 0.25) is 0 Å². The number of rotatable bonds is 18. The normalized spacial score (nSPS) is 12.3. The Morgan fingerprint density at radius 3 is 1.96 bits per heavy atom. The van der Waals surface area contributed by atoms with Gasteiger partial charge in [-0.2, -0.15) is 0 Å². The summed E-state index contributed by atoms with van der Waals surface area (Å²) >= 11 is 0. The minimum Gasteiger partial charge on any atom is -0.463 e. The second-order valence-electron chi connectivity index (χ2n) is 6.41. The van der Waals surface area contributed by atoms with Gasteiger partial charge in [-0.05, 0) is 19.3 Å². The van der Waals surface area contributed by atoms with Crippen LogP contribution in [-0.4, -0.2) is 39.0 Å². The summed E-state index contributed by atoms with van der Waals surface area (Å²) in [6.45, 7) is 9.23. The molecule has 24 heavy (non-hydrogen) atoms. The SMILES string of the molecule is CCCCCCCCOCCOCCOC(=O)C(CC)CCCC. The summed E-state index contributed by atoms with van der Waals surface area (Å²) < 4.78 is 16.3. The first kappa shape index (κ1) is 23.4. The number of esters is 1. The Balaban J connectivity index is 3.31. The smallest absolute Gasteiger partial charge is 0.308 e. The summed E-state index contributed by atoms with van der Waals surface area (Å²) in [6, 6.07) is 0. The van der Waals surface area contributed by atoms with Crippen molar-refractivity contribution in [1.82, 2.24) is 0 Å². The molecule has 0 aromatic carbocycles. The summed E-state index contributed by atoms with van der Waals surface area (Å²) in [6.07, 6.45) is 11.7. The average molecular weight is 345 g/mol. The zero-order chi connectivity index (χ0) is 17.9. The number of hydrogen-bond acceptors (Lipinski definition) is 4. The van der Waals surface area contributed by atoms with Crippen LogP contribution in [0.15, 0.2) is 0 Å². The van der Waals surface area contributed by atoms with Crippen molar-refractivity contribution in [2.24, 2.45) is 5.92 Å². The highest BCUT2D eigenvalue weighted by Crippen LogP contribution is 2.14. The van der Waals surface area contributed by atoms with E-state index in [2.05, 4.69) is 13.8 Å². The van der Waals surface area contributed by atoms with Crippen LogP contribution < -0.4 is 0 Å². The third-order valence-corrected chi connectivity index (χ3v) is 4.22. The molecule has 0 aliphatic carbocycles. The molecule has 1 unspecified atom stereocenters. The molecule has 0 aliphatic heterocycles. The number of hydrogen-bond donors (Lipinski definition) is 0. The fraction of sp³-hybridized carbons (Fsp3) is 0.950. The number of unbranched alkanes of at least 4 members (excludes halogenated alkanes) is 6. The Labute approximate surface area is 149 Å². The number of carbonyl (C=O) groups is 1. The van der Waals surface area contributed by atoms with Crippen LogP contribution in [0.25, 0.3) is 0 Å². The zero-order valence-electron chi connectivity index (χ0n) is 16.3. The van der Waals surface area contributed by atoms with Gasteiger partial charge in [-0.1, -0.05) is 65.7 Å². The van der Waals surface area contributed by atoms with Gasteiger partial charge in [0.1, 0.15) is 6.61 Å². The third-order valence-electron chi connectivity index (χ3n) is 4.22. The molecule has 0 aromatic heterocycles. The molecule has 1 atom stereocenters. The maximum Gasteiger partial charge on any atom is 0.308 e. The van der Waals surface area contributed by atoms with E-state index in [1.165, 1.54) is 32.1 Å². The lowest BCUT2D eigenvalue weighted by Gasteiger charge is -2.13. The number of ether oxygens (including phenoxy) is 3. The first-order chi connectivity index (χ1) is 11.8. The zero-order valence-corrected chi connectivity index (χ0v) is 16.3. The van der Waals surface area contributed by atoms with Crippen molar-refractivity contribution in [2.45, 2.75) is 85.0 Å². The van der Waals surface area contributed by atoms with Gasteiger partial charge in [-0.25, -0.2) is 0 Å². The van der Waals surface area contributed by atoms with E-state index in [0.717, 1.165) is 38.7 Å². The average Bonchev–Trinajstić information content (AvgIpc) is 2.59. The van der Waals surface area contributed by atoms with Gasteiger partial charge in [0, 0.05) is 6.61 Å². The third kappa shape index (κ3) is 14.9. The first-order valence-corrected chi connectivity index (χ1v) is 10.1.